The Morgan fingerprint density at radius 1 is 1.07 bits per heavy atom. The number of nitrogens with zero attached hydrogens (tertiary/aromatic N) is 5. The fraction of sp³-hybridized carbons (Fsp3) is 0.476. The van der Waals surface area contributed by atoms with Gasteiger partial charge in [0.1, 0.15) is 23.8 Å². The number of halogens is 2. The molecule has 2 aliphatic heterocycles. The van der Waals surface area contributed by atoms with Gasteiger partial charge in [-0.15, -0.1) is 0 Å². The standard InChI is InChI=1S/C21H25ClFN5O/c1-15-3-2-6-28(13-15)20-12-19(24-14-25-20)26-7-9-27(10-8-26)21(29)17-5-4-16(23)11-18(17)22/h4-5,11-12,14-15H,2-3,6-10,13H2,1H3. The molecule has 8 heteroatoms. The first-order valence-corrected chi connectivity index (χ1v) is 10.5. The molecule has 0 aliphatic carbocycles. The number of carbonyl (C=O) groups excluding carboxylic acids is 1. The van der Waals surface area contributed by atoms with Crippen molar-refractivity contribution in [2.45, 2.75) is 19.8 Å². The summed E-state index contributed by atoms with van der Waals surface area (Å²) in [5, 5.41) is 0.147. The van der Waals surface area contributed by atoms with E-state index in [1.807, 2.05) is 6.07 Å². The van der Waals surface area contributed by atoms with Crippen LogP contribution in [0.1, 0.15) is 30.1 Å². The number of piperidine rings is 1. The van der Waals surface area contributed by atoms with Crippen LogP contribution in [0.2, 0.25) is 5.02 Å². The summed E-state index contributed by atoms with van der Waals surface area (Å²) in [5.74, 6) is 1.92. The van der Waals surface area contributed by atoms with Crippen molar-refractivity contribution in [3.05, 3.63) is 47.0 Å². The summed E-state index contributed by atoms with van der Waals surface area (Å²) in [5.41, 5.74) is 0.338. The second-order valence-electron chi connectivity index (χ2n) is 7.83. The maximum Gasteiger partial charge on any atom is 0.255 e. The predicted octanol–water partition coefficient (Wildman–Crippen LogP) is 3.47. The Morgan fingerprint density at radius 3 is 2.48 bits per heavy atom. The minimum atomic E-state index is -0.445. The third kappa shape index (κ3) is 4.45. The molecule has 1 aromatic carbocycles. The van der Waals surface area contributed by atoms with Gasteiger partial charge >= 0.3 is 0 Å². The number of hydrogen-bond acceptors (Lipinski definition) is 5. The number of rotatable bonds is 3. The summed E-state index contributed by atoms with van der Waals surface area (Å²) in [6, 6.07) is 5.93. The van der Waals surface area contributed by atoms with Crippen molar-refractivity contribution in [3.8, 4) is 0 Å². The lowest BCUT2D eigenvalue weighted by molar-refractivity contribution is 0.0746. The zero-order valence-corrected chi connectivity index (χ0v) is 17.3. The Hall–Kier alpha value is -2.41. The van der Waals surface area contributed by atoms with E-state index in [9.17, 15) is 9.18 Å². The summed E-state index contributed by atoms with van der Waals surface area (Å²) in [6.07, 6.45) is 4.08. The number of piperazine rings is 1. The van der Waals surface area contributed by atoms with Gasteiger partial charge in [-0.2, -0.15) is 0 Å². The van der Waals surface area contributed by atoms with E-state index < -0.39 is 5.82 Å². The molecule has 0 N–H and O–H groups in total. The molecule has 2 aliphatic rings. The number of amides is 1. The first-order chi connectivity index (χ1) is 14.0. The summed E-state index contributed by atoms with van der Waals surface area (Å²) in [7, 11) is 0. The van der Waals surface area contributed by atoms with Crippen LogP contribution in [0.3, 0.4) is 0 Å². The number of hydrogen-bond donors (Lipinski definition) is 0. The lowest BCUT2D eigenvalue weighted by Gasteiger charge is -2.36. The molecule has 1 unspecified atom stereocenters. The lowest BCUT2D eigenvalue weighted by Crippen LogP contribution is -2.49. The first kappa shape index (κ1) is 19.9. The summed E-state index contributed by atoms with van der Waals surface area (Å²) >= 11 is 6.05. The van der Waals surface area contributed by atoms with Crippen LogP contribution in [0.5, 0.6) is 0 Å². The molecule has 154 valence electrons. The quantitative estimate of drug-likeness (QED) is 0.765. The Labute approximate surface area is 175 Å². The summed E-state index contributed by atoms with van der Waals surface area (Å²) in [4.78, 5) is 27.9. The molecule has 6 nitrogen and oxygen atoms in total. The molecule has 29 heavy (non-hydrogen) atoms. The Bertz CT molecular complexity index is 887. The number of anilines is 2. The van der Waals surface area contributed by atoms with Gasteiger partial charge in [0.15, 0.2) is 0 Å². The third-order valence-electron chi connectivity index (χ3n) is 5.67. The van der Waals surface area contributed by atoms with Crippen LogP contribution in [-0.2, 0) is 0 Å². The molecule has 0 saturated carbocycles. The van der Waals surface area contributed by atoms with Crippen LogP contribution in [0.15, 0.2) is 30.6 Å². The van der Waals surface area contributed by atoms with Crippen molar-refractivity contribution in [1.82, 2.24) is 14.9 Å². The normalized spacial score (nSPS) is 20.1. The first-order valence-electron chi connectivity index (χ1n) is 10.1. The molecule has 0 bridgehead atoms. The van der Waals surface area contributed by atoms with Crippen molar-refractivity contribution in [3.63, 3.8) is 0 Å². The smallest absolute Gasteiger partial charge is 0.255 e. The van der Waals surface area contributed by atoms with Crippen molar-refractivity contribution in [2.24, 2.45) is 5.92 Å². The fourth-order valence-corrected chi connectivity index (χ4v) is 4.30. The number of benzene rings is 1. The highest BCUT2D eigenvalue weighted by molar-refractivity contribution is 6.33. The highest BCUT2D eigenvalue weighted by atomic mass is 35.5. The van der Waals surface area contributed by atoms with Gasteiger partial charge in [0.2, 0.25) is 0 Å². The number of carbonyl (C=O) groups is 1. The maximum atomic E-state index is 13.2. The van der Waals surface area contributed by atoms with E-state index in [1.54, 1.807) is 11.2 Å². The van der Waals surface area contributed by atoms with E-state index in [0.717, 1.165) is 24.7 Å². The molecule has 0 spiro atoms. The van der Waals surface area contributed by atoms with E-state index in [1.165, 1.54) is 31.0 Å². The van der Waals surface area contributed by atoms with Crippen molar-refractivity contribution >= 4 is 29.1 Å². The van der Waals surface area contributed by atoms with Crippen LogP contribution in [0, 0.1) is 11.7 Å². The van der Waals surface area contributed by atoms with Crippen molar-refractivity contribution < 1.29 is 9.18 Å². The SMILES string of the molecule is CC1CCCN(c2cc(N3CCN(C(=O)c4ccc(F)cc4Cl)CC3)ncn2)C1. The van der Waals surface area contributed by atoms with E-state index in [0.29, 0.717) is 37.7 Å². The van der Waals surface area contributed by atoms with Crippen LogP contribution in [0.25, 0.3) is 0 Å². The van der Waals surface area contributed by atoms with Crippen LogP contribution in [-0.4, -0.2) is 60.0 Å². The minimum Gasteiger partial charge on any atom is -0.356 e. The highest BCUT2D eigenvalue weighted by Gasteiger charge is 2.25. The Kier molecular flexibility index (Phi) is 5.85. The van der Waals surface area contributed by atoms with Crippen molar-refractivity contribution in [1.29, 1.82) is 0 Å². The second-order valence-corrected chi connectivity index (χ2v) is 8.24. The molecule has 2 fully saturated rings. The maximum absolute atomic E-state index is 13.2. The molecule has 4 rings (SSSR count). The van der Waals surface area contributed by atoms with Crippen LogP contribution >= 0.6 is 11.6 Å². The van der Waals surface area contributed by atoms with E-state index >= 15 is 0 Å². The van der Waals surface area contributed by atoms with Gasteiger partial charge in [0.05, 0.1) is 10.6 Å². The van der Waals surface area contributed by atoms with E-state index in [2.05, 4.69) is 26.7 Å². The van der Waals surface area contributed by atoms with Crippen molar-refractivity contribution in [2.75, 3.05) is 49.1 Å². The Balaban J connectivity index is 1.40. The highest BCUT2D eigenvalue weighted by Crippen LogP contribution is 2.25. The monoisotopic (exact) mass is 417 g/mol. The molecular weight excluding hydrogens is 393 g/mol. The van der Waals surface area contributed by atoms with Crippen LogP contribution in [0.4, 0.5) is 16.0 Å². The number of aromatic nitrogens is 2. The minimum absolute atomic E-state index is 0.147. The average Bonchev–Trinajstić information content (AvgIpc) is 2.73. The molecule has 3 heterocycles. The largest absolute Gasteiger partial charge is 0.356 e. The third-order valence-corrected chi connectivity index (χ3v) is 5.98. The fourth-order valence-electron chi connectivity index (χ4n) is 4.05. The molecule has 1 atom stereocenters. The van der Waals surface area contributed by atoms with Gasteiger partial charge in [0, 0.05) is 45.3 Å². The molecular formula is C21H25ClFN5O. The Morgan fingerprint density at radius 2 is 1.79 bits per heavy atom. The summed E-state index contributed by atoms with van der Waals surface area (Å²) < 4.78 is 13.2. The topological polar surface area (TPSA) is 52.6 Å². The van der Waals surface area contributed by atoms with Gasteiger partial charge < -0.3 is 14.7 Å². The average molecular weight is 418 g/mol. The zero-order chi connectivity index (χ0) is 20.4. The summed E-state index contributed by atoms with van der Waals surface area (Å²) in [6.45, 7) is 6.81. The lowest BCUT2D eigenvalue weighted by atomic mass is 10.0. The van der Waals surface area contributed by atoms with Gasteiger partial charge in [-0.3, -0.25) is 4.79 Å². The molecule has 0 radical (unpaired) electrons. The second kappa shape index (κ2) is 8.53. The van der Waals surface area contributed by atoms with Gasteiger partial charge in [-0.25, -0.2) is 14.4 Å². The molecule has 2 aromatic rings. The zero-order valence-electron chi connectivity index (χ0n) is 16.5. The molecule has 1 amide bonds. The molecule has 2 saturated heterocycles. The van der Waals surface area contributed by atoms with Crippen LogP contribution < -0.4 is 9.80 Å². The van der Waals surface area contributed by atoms with E-state index in [4.69, 9.17) is 11.6 Å². The van der Waals surface area contributed by atoms with Gasteiger partial charge in [-0.05, 0) is 37.0 Å². The van der Waals surface area contributed by atoms with E-state index in [-0.39, 0.29) is 10.9 Å². The van der Waals surface area contributed by atoms with Gasteiger partial charge in [0.25, 0.3) is 5.91 Å². The molecule has 1 aromatic heterocycles. The predicted molar refractivity (Wildman–Crippen MR) is 112 cm³/mol. The van der Waals surface area contributed by atoms with Gasteiger partial charge in [-0.1, -0.05) is 18.5 Å².